The molecule has 0 aliphatic heterocycles. The minimum absolute atomic E-state index is 0.00589. The third kappa shape index (κ3) is 2.88. The summed E-state index contributed by atoms with van der Waals surface area (Å²) in [5.74, 6) is -0.928. The van der Waals surface area contributed by atoms with Gasteiger partial charge in [0.05, 0.1) is 6.42 Å². The molecule has 0 bridgehead atoms. The zero-order chi connectivity index (χ0) is 13.1. The van der Waals surface area contributed by atoms with Crippen LogP contribution in [-0.2, 0) is 9.59 Å². The van der Waals surface area contributed by atoms with Crippen molar-refractivity contribution in [2.45, 2.75) is 38.3 Å². The summed E-state index contributed by atoms with van der Waals surface area (Å²) in [7, 11) is 0. The van der Waals surface area contributed by atoms with Crippen molar-refractivity contribution in [1.29, 1.82) is 0 Å². The van der Waals surface area contributed by atoms with Crippen LogP contribution in [0.25, 0.3) is 0 Å². The quantitative estimate of drug-likeness (QED) is 0.815. The number of aromatic nitrogens is 2. The third-order valence-corrected chi connectivity index (χ3v) is 3.12. The van der Waals surface area contributed by atoms with Crippen LogP contribution >= 0.6 is 0 Å². The Balaban J connectivity index is 2.01. The van der Waals surface area contributed by atoms with Crippen molar-refractivity contribution in [2.75, 3.05) is 6.54 Å². The monoisotopic (exact) mass is 251 g/mol. The summed E-state index contributed by atoms with van der Waals surface area (Å²) in [4.78, 5) is 24.6. The molecule has 0 spiro atoms. The zero-order valence-electron chi connectivity index (χ0n) is 10.3. The molecule has 1 atom stereocenters. The van der Waals surface area contributed by atoms with Crippen LogP contribution in [0.1, 0.15) is 32.2 Å². The fourth-order valence-corrected chi connectivity index (χ4v) is 1.94. The average molecular weight is 251 g/mol. The molecule has 0 saturated heterocycles. The van der Waals surface area contributed by atoms with E-state index in [-0.39, 0.29) is 31.0 Å². The predicted molar refractivity (Wildman–Crippen MR) is 63.9 cm³/mol. The lowest BCUT2D eigenvalue weighted by Gasteiger charge is -2.25. The molecule has 6 nitrogen and oxygen atoms in total. The number of carboxylic acid groups (broad SMARTS) is 1. The van der Waals surface area contributed by atoms with Crippen molar-refractivity contribution in [3.05, 3.63) is 18.5 Å². The topological polar surface area (TPSA) is 75.4 Å². The Bertz CT molecular complexity index is 426. The van der Waals surface area contributed by atoms with Gasteiger partial charge in [-0.2, -0.15) is 5.10 Å². The Morgan fingerprint density at radius 1 is 1.56 bits per heavy atom. The van der Waals surface area contributed by atoms with Gasteiger partial charge in [-0.3, -0.25) is 14.3 Å². The van der Waals surface area contributed by atoms with E-state index in [0.717, 1.165) is 12.8 Å². The third-order valence-electron chi connectivity index (χ3n) is 3.12. The molecule has 1 amide bonds. The maximum Gasteiger partial charge on any atom is 0.305 e. The highest BCUT2D eigenvalue weighted by atomic mass is 16.4. The first-order valence-electron chi connectivity index (χ1n) is 6.11. The van der Waals surface area contributed by atoms with Crippen LogP contribution in [0.5, 0.6) is 0 Å². The van der Waals surface area contributed by atoms with E-state index in [1.807, 2.05) is 0 Å². The Kier molecular flexibility index (Phi) is 3.64. The SMILES string of the molecule is CC(C(=O)N(CCC(=O)O)C1CC1)n1cccn1. The van der Waals surface area contributed by atoms with E-state index in [9.17, 15) is 9.59 Å². The van der Waals surface area contributed by atoms with Crippen LogP contribution in [0.3, 0.4) is 0 Å². The molecule has 0 aromatic carbocycles. The first kappa shape index (κ1) is 12.6. The van der Waals surface area contributed by atoms with Gasteiger partial charge in [0.1, 0.15) is 6.04 Å². The average Bonchev–Trinajstić information content (AvgIpc) is 3.02. The number of hydrogen-bond donors (Lipinski definition) is 1. The lowest BCUT2D eigenvalue weighted by atomic mass is 10.2. The smallest absolute Gasteiger partial charge is 0.305 e. The van der Waals surface area contributed by atoms with E-state index in [0.29, 0.717) is 0 Å². The molecule has 1 saturated carbocycles. The summed E-state index contributed by atoms with van der Waals surface area (Å²) in [6.07, 6.45) is 5.30. The minimum atomic E-state index is -0.875. The molecule has 1 unspecified atom stereocenters. The van der Waals surface area contributed by atoms with Gasteiger partial charge >= 0.3 is 5.97 Å². The Morgan fingerprint density at radius 2 is 2.28 bits per heavy atom. The number of carbonyl (C=O) groups excluding carboxylic acids is 1. The lowest BCUT2D eigenvalue weighted by molar-refractivity contribution is -0.139. The largest absolute Gasteiger partial charge is 0.481 e. The maximum atomic E-state index is 12.3. The second kappa shape index (κ2) is 5.20. The highest BCUT2D eigenvalue weighted by Gasteiger charge is 2.35. The van der Waals surface area contributed by atoms with Gasteiger partial charge in [-0.1, -0.05) is 0 Å². The van der Waals surface area contributed by atoms with Crippen LogP contribution in [-0.4, -0.2) is 44.3 Å². The number of nitrogens with zero attached hydrogens (tertiary/aromatic N) is 3. The van der Waals surface area contributed by atoms with Gasteiger partial charge in [0.25, 0.3) is 0 Å². The van der Waals surface area contributed by atoms with Crippen LogP contribution in [0.15, 0.2) is 18.5 Å². The van der Waals surface area contributed by atoms with E-state index in [2.05, 4.69) is 5.10 Å². The molecule has 98 valence electrons. The number of rotatable bonds is 6. The van der Waals surface area contributed by atoms with Crippen LogP contribution in [0.2, 0.25) is 0 Å². The van der Waals surface area contributed by atoms with E-state index < -0.39 is 5.97 Å². The number of carboxylic acids is 1. The van der Waals surface area contributed by atoms with Gasteiger partial charge in [-0.25, -0.2) is 0 Å². The summed E-state index contributed by atoms with van der Waals surface area (Å²) in [5.41, 5.74) is 0. The minimum Gasteiger partial charge on any atom is -0.481 e. The first-order chi connectivity index (χ1) is 8.59. The Morgan fingerprint density at radius 3 is 2.78 bits per heavy atom. The van der Waals surface area contributed by atoms with Crippen molar-refractivity contribution < 1.29 is 14.7 Å². The molecule has 1 heterocycles. The van der Waals surface area contributed by atoms with Crippen molar-refractivity contribution in [3.63, 3.8) is 0 Å². The number of amides is 1. The van der Waals surface area contributed by atoms with E-state index in [4.69, 9.17) is 5.11 Å². The molecule has 18 heavy (non-hydrogen) atoms. The van der Waals surface area contributed by atoms with Crippen molar-refractivity contribution >= 4 is 11.9 Å². The first-order valence-corrected chi connectivity index (χ1v) is 6.11. The van der Waals surface area contributed by atoms with E-state index >= 15 is 0 Å². The predicted octanol–water partition coefficient (Wildman–Crippen LogP) is 0.910. The van der Waals surface area contributed by atoms with E-state index in [1.165, 1.54) is 0 Å². The summed E-state index contributed by atoms with van der Waals surface area (Å²) in [6.45, 7) is 2.07. The maximum absolute atomic E-state index is 12.3. The molecule has 1 aromatic heterocycles. The van der Waals surface area contributed by atoms with Gasteiger partial charge in [0.2, 0.25) is 5.91 Å². The summed E-state index contributed by atoms with van der Waals surface area (Å²) >= 11 is 0. The summed E-state index contributed by atoms with van der Waals surface area (Å²) in [5, 5.41) is 12.8. The number of aliphatic carboxylic acids is 1. The number of hydrogen-bond acceptors (Lipinski definition) is 3. The highest BCUT2D eigenvalue weighted by molar-refractivity contribution is 5.81. The second-order valence-corrected chi connectivity index (χ2v) is 4.57. The standard InChI is InChI=1S/C12H17N3O3/c1-9(15-7-2-6-13-15)12(18)14(10-3-4-10)8-5-11(16)17/h2,6-7,9-10H,3-5,8H2,1H3,(H,16,17). The molecular weight excluding hydrogens is 234 g/mol. The summed E-state index contributed by atoms with van der Waals surface area (Å²) < 4.78 is 1.60. The van der Waals surface area contributed by atoms with Crippen LogP contribution in [0, 0.1) is 0 Å². The molecule has 1 N–H and O–H groups in total. The second-order valence-electron chi connectivity index (χ2n) is 4.57. The fraction of sp³-hybridized carbons (Fsp3) is 0.583. The van der Waals surface area contributed by atoms with Gasteiger partial charge in [-0.15, -0.1) is 0 Å². The van der Waals surface area contributed by atoms with Gasteiger partial charge in [0, 0.05) is 25.0 Å². The Hall–Kier alpha value is -1.85. The van der Waals surface area contributed by atoms with Crippen molar-refractivity contribution in [1.82, 2.24) is 14.7 Å². The number of carbonyl (C=O) groups is 2. The molecule has 1 aromatic rings. The highest BCUT2D eigenvalue weighted by Crippen LogP contribution is 2.28. The zero-order valence-corrected chi connectivity index (χ0v) is 10.3. The van der Waals surface area contributed by atoms with Crippen molar-refractivity contribution in [3.8, 4) is 0 Å². The molecule has 1 aliphatic carbocycles. The van der Waals surface area contributed by atoms with Crippen molar-refractivity contribution in [2.24, 2.45) is 0 Å². The molecule has 1 aliphatic rings. The fourth-order valence-electron chi connectivity index (χ4n) is 1.94. The molecule has 2 rings (SSSR count). The van der Waals surface area contributed by atoms with Crippen LogP contribution < -0.4 is 0 Å². The van der Waals surface area contributed by atoms with Crippen LogP contribution in [0.4, 0.5) is 0 Å². The van der Waals surface area contributed by atoms with E-state index in [1.54, 1.807) is 35.0 Å². The molecule has 0 radical (unpaired) electrons. The molecular formula is C12H17N3O3. The van der Waals surface area contributed by atoms with Gasteiger partial charge < -0.3 is 10.0 Å². The molecule has 6 heteroatoms. The van der Waals surface area contributed by atoms with Gasteiger partial charge in [0.15, 0.2) is 0 Å². The molecule has 1 fully saturated rings. The summed E-state index contributed by atoms with van der Waals surface area (Å²) in [6, 6.07) is 1.60. The lowest BCUT2D eigenvalue weighted by Crippen LogP contribution is -2.39. The Labute approximate surface area is 105 Å². The van der Waals surface area contributed by atoms with Gasteiger partial charge in [-0.05, 0) is 25.8 Å². The normalized spacial score (nSPS) is 16.3.